The molecule has 2 aromatic heterocycles. The van der Waals surface area contributed by atoms with Crippen LogP contribution in [0.2, 0.25) is 0 Å². The van der Waals surface area contributed by atoms with Crippen molar-refractivity contribution < 1.29 is 9.13 Å². The second-order valence-electron chi connectivity index (χ2n) is 6.33. The predicted octanol–water partition coefficient (Wildman–Crippen LogP) is 3.68. The van der Waals surface area contributed by atoms with E-state index in [-0.39, 0.29) is 11.4 Å². The molecular formula is C21H18FN3O2S. The first kappa shape index (κ1) is 18.3. The lowest BCUT2D eigenvalue weighted by atomic mass is 10.2. The molecule has 0 aliphatic rings. The van der Waals surface area contributed by atoms with E-state index >= 15 is 0 Å². The predicted molar refractivity (Wildman–Crippen MR) is 108 cm³/mol. The van der Waals surface area contributed by atoms with E-state index in [1.165, 1.54) is 28.0 Å². The Bertz CT molecular complexity index is 1210. The maximum Gasteiger partial charge on any atom is 0.291 e. The zero-order valence-electron chi connectivity index (χ0n) is 15.3. The molecule has 0 aliphatic carbocycles. The van der Waals surface area contributed by atoms with Gasteiger partial charge in [-0.15, -0.1) is 5.10 Å². The molecule has 0 unspecified atom stereocenters. The van der Waals surface area contributed by atoms with Crippen molar-refractivity contribution in [2.24, 2.45) is 0 Å². The minimum Gasteiger partial charge on any atom is -0.494 e. The van der Waals surface area contributed by atoms with E-state index in [0.717, 1.165) is 24.2 Å². The van der Waals surface area contributed by atoms with Gasteiger partial charge in [0.05, 0.1) is 11.1 Å². The number of fused-ring (bicyclic) bond motifs is 1. The maximum atomic E-state index is 13.3. The highest BCUT2D eigenvalue weighted by Gasteiger charge is 2.12. The van der Waals surface area contributed by atoms with Gasteiger partial charge in [0.15, 0.2) is 5.82 Å². The Morgan fingerprint density at radius 1 is 1.21 bits per heavy atom. The zero-order valence-corrected chi connectivity index (χ0v) is 16.1. The van der Waals surface area contributed by atoms with Gasteiger partial charge >= 0.3 is 0 Å². The van der Waals surface area contributed by atoms with Gasteiger partial charge in [0.1, 0.15) is 11.6 Å². The lowest BCUT2D eigenvalue weighted by molar-refractivity contribution is 0.309. The minimum atomic E-state index is -0.343. The van der Waals surface area contributed by atoms with Gasteiger partial charge in [-0.1, -0.05) is 36.8 Å². The van der Waals surface area contributed by atoms with Gasteiger partial charge in [-0.25, -0.2) is 4.39 Å². The normalized spacial score (nSPS) is 12.0. The molecule has 142 valence electrons. The average Bonchev–Trinajstić information content (AvgIpc) is 3.23. The van der Waals surface area contributed by atoms with E-state index in [9.17, 15) is 9.18 Å². The third-order valence-corrected chi connectivity index (χ3v) is 5.17. The molecular weight excluding hydrogens is 377 g/mol. The maximum absolute atomic E-state index is 13.3. The van der Waals surface area contributed by atoms with E-state index in [1.807, 2.05) is 24.3 Å². The molecule has 28 heavy (non-hydrogen) atoms. The van der Waals surface area contributed by atoms with Crippen molar-refractivity contribution in [3.8, 4) is 17.1 Å². The van der Waals surface area contributed by atoms with Crippen molar-refractivity contribution in [3.05, 3.63) is 74.8 Å². The Balaban J connectivity index is 1.62. The van der Waals surface area contributed by atoms with Gasteiger partial charge in [0, 0.05) is 5.56 Å². The molecule has 0 N–H and O–H groups in total. The summed E-state index contributed by atoms with van der Waals surface area (Å²) in [6.07, 6.45) is 3.75. The smallest absolute Gasteiger partial charge is 0.291 e. The van der Waals surface area contributed by atoms with E-state index < -0.39 is 0 Å². The second-order valence-corrected chi connectivity index (χ2v) is 7.34. The molecule has 0 radical (unpaired) electrons. The van der Waals surface area contributed by atoms with Crippen LogP contribution in [0.5, 0.6) is 5.75 Å². The molecule has 2 aromatic carbocycles. The fourth-order valence-corrected chi connectivity index (χ4v) is 3.65. The van der Waals surface area contributed by atoms with Crippen LogP contribution in [-0.2, 0) is 0 Å². The lowest BCUT2D eigenvalue weighted by Crippen LogP contribution is -2.23. The quantitative estimate of drug-likeness (QED) is 0.467. The van der Waals surface area contributed by atoms with Crippen LogP contribution in [0.1, 0.15) is 25.3 Å². The Labute approximate surface area is 164 Å². The summed E-state index contributed by atoms with van der Waals surface area (Å²) in [6.45, 7) is 2.81. The first-order valence-corrected chi connectivity index (χ1v) is 9.86. The summed E-state index contributed by atoms with van der Waals surface area (Å²) < 4.78 is 20.7. The van der Waals surface area contributed by atoms with Crippen molar-refractivity contribution in [2.45, 2.75) is 19.8 Å². The topological polar surface area (TPSA) is 56.5 Å². The largest absolute Gasteiger partial charge is 0.494 e. The molecule has 7 heteroatoms. The number of benzene rings is 2. The summed E-state index contributed by atoms with van der Waals surface area (Å²) in [5, 5.41) is 4.34. The van der Waals surface area contributed by atoms with Crippen LogP contribution >= 0.6 is 11.3 Å². The van der Waals surface area contributed by atoms with Crippen molar-refractivity contribution in [1.82, 2.24) is 14.6 Å². The summed E-state index contributed by atoms with van der Waals surface area (Å²) in [4.78, 5) is 17.6. The van der Waals surface area contributed by atoms with Crippen LogP contribution < -0.4 is 14.8 Å². The van der Waals surface area contributed by atoms with Crippen LogP contribution in [0.15, 0.2) is 53.3 Å². The SMILES string of the molecule is CCCCOc1ccc(-c2nc3s/c(=C\c4cccc(F)c4)c(=O)n3n2)cc1. The van der Waals surface area contributed by atoms with E-state index in [2.05, 4.69) is 17.0 Å². The summed E-state index contributed by atoms with van der Waals surface area (Å²) >= 11 is 1.23. The van der Waals surface area contributed by atoms with Gasteiger partial charge in [-0.05, 0) is 54.5 Å². The van der Waals surface area contributed by atoms with Gasteiger partial charge in [0.2, 0.25) is 4.96 Å². The number of nitrogens with zero attached hydrogens (tertiary/aromatic N) is 3. The Morgan fingerprint density at radius 3 is 2.75 bits per heavy atom. The molecule has 0 saturated carbocycles. The molecule has 0 aliphatic heterocycles. The van der Waals surface area contributed by atoms with E-state index in [0.29, 0.717) is 27.5 Å². The molecule has 0 spiro atoms. The first-order valence-electron chi connectivity index (χ1n) is 9.04. The van der Waals surface area contributed by atoms with Gasteiger partial charge < -0.3 is 4.74 Å². The van der Waals surface area contributed by atoms with Crippen molar-refractivity contribution in [1.29, 1.82) is 0 Å². The number of aromatic nitrogens is 3. The number of halogens is 1. The fraction of sp³-hybridized carbons (Fsp3) is 0.190. The summed E-state index contributed by atoms with van der Waals surface area (Å²) in [5.41, 5.74) is 1.18. The number of hydrogen-bond donors (Lipinski definition) is 0. The molecule has 5 nitrogen and oxygen atoms in total. The lowest BCUT2D eigenvalue weighted by Gasteiger charge is -2.05. The standard InChI is InChI=1S/C21H18FN3O2S/c1-2-3-11-27-17-9-7-15(8-10-17)19-23-21-25(24-19)20(26)18(28-21)13-14-5-4-6-16(22)12-14/h4-10,12-13H,2-3,11H2,1H3/b18-13-. The Kier molecular flexibility index (Phi) is 5.16. The Morgan fingerprint density at radius 2 is 2.04 bits per heavy atom. The van der Waals surface area contributed by atoms with Crippen molar-refractivity contribution in [2.75, 3.05) is 6.61 Å². The molecule has 0 atom stereocenters. The highest BCUT2D eigenvalue weighted by Crippen LogP contribution is 2.20. The van der Waals surface area contributed by atoms with Crippen LogP contribution in [-0.4, -0.2) is 21.2 Å². The van der Waals surface area contributed by atoms with E-state index in [4.69, 9.17) is 4.74 Å². The number of ether oxygens (including phenoxy) is 1. The van der Waals surface area contributed by atoms with Gasteiger partial charge in [-0.2, -0.15) is 9.50 Å². The van der Waals surface area contributed by atoms with Gasteiger partial charge in [0.25, 0.3) is 5.56 Å². The fourth-order valence-electron chi connectivity index (χ4n) is 2.74. The molecule has 0 fully saturated rings. The highest BCUT2D eigenvalue weighted by atomic mass is 32.1. The summed E-state index contributed by atoms with van der Waals surface area (Å²) in [5.74, 6) is 0.945. The first-order chi connectivity index (χ1) is 13.6. The molecule has 0 saturated heterocycles. The second kappa shape index (κ2) is 7.90. The van der Waals surface area contributed by atoms with Crippen LogP contribution in [0, 0.1) is 5.82 Å². The minimum absolute atomic E-state index is 0.262. The monoisotopic (exact) mass is 395 g/mol. The van der Waals surface area contributed by atoms with Crippen LogP contribution in [0.4, 0.5) is 4.39 Å². The molecule has 4 aromatic rings. The van der Waals surface area contributed by atoms with Crippen LogP contribution in [0.3, 0.4) is 0 Å². The summed E-state index contributed by atoms with van der Waals surface area (Å²) in [7, 11) is 0. The van der Waals surface area contributed by atoms with Crippen molar-refractivity contribution >= 4 is 22.4 Å². The number of hydrogen-bond acceptors (Lipinski definition) is 5. The highest BCUT2D eigenvalue weighted by molar-refractivity contribution is 7.15. The Hall–Kier alpha value is -3.06. The molecule has 4 rings (SSSR count). The molecule has 0 amide bonds. The molecule has 0 bridgehead atoms. The third kappa shape index (κ3) is 3.80. The zero-order chi connectivity index (χ0) is 19.5. The van der Waals surface area contributed by atoms with Crippen molar-refractivity contribution in [3.63, 3.8) is 0 Å². The number of unbranched alkanes of at least 4 members (excludes halogenated alkanes) is 1. The average molecular weight is 395 g/mol. The van der Waals surface area contributed by atoms with Crippen LogP contribution in [0.25, 0.3) is 22.4 Å². The van der Waals surface area contributed by atoms with Gasteiger partial charge in [-0.3, -0.25) is 4.79 Å². The number of rotatable bonds is 6. The van der Waals surface area contributed by atoms with E-state index in [1.54, 1.807) is 18.2 Å². The summed E-state index contributed by atoms with van der Waals surface area (Å²) in [6, 6.07) is 13.6. The number of thiazole rings is 1. The third-order valence-electron chi connectivity index (χ3n) is 4.21. The molecule has 2 heterocycles.